The van der Waals surface area contributed by atoms with E-state index in [4.69, 9.17) is 5.73 Å². The first-order chi connectivity index (χ1) is 8.66. The minimum Gasteiger partial charge on any atom is -0.361 e. The third-order valence-corrected chi connectivity index (χ3v) is 2.23. The molecule has 6 heteroatoms. The number of nitrogens with two attached hydrogens (primary N) is 1. The number of nitrogens with one attached hydrogen (secondary N) is 1. The molecular formula is C12H10N4O2. The van der Waals surface area contributed by atoms with Crippen LogP contribution in [0.5, 0.6) is 0 Å². The Labute approximate surface area is 103 Å². The fourth-order valence-electron chi connectivity index (χ4n) is 1.39. The molecular weight excluding hydrogens is 232 g/mol. The summed E-state index contributed by atoms with van der Waals surface area (Å²) in [5, 5.41) is 4.58. The average molecular weight is 242 g/mol. The van der Waals surface area contributed by atoms with Gasteiger partial charge in [0.1, 0.15) is 0 Å². The van der Waals surface area contributed by atoms with Gasteiger partial charge in [-0.25, -0.2) is 5.43 Å². The van der Waals surface area contributed by atoms with E-state index in [2.05, 4.69) is 10.1 Å². The van der Waals surface area contributed by atoms with E-state index in [9.17, 15) is 9.59 Å². The third kappa shape index (κ3) is 2.67. The highest BCUT2D eigenvalue weighted by atomic mass is 16.2. The van der Waals surface area contributed by atoms with Crippen LogP contribution in [0.1, 0.15) is 5.56 Å². The number of benzene rings is 1. The van der Waals surface area contributed by atoms with Gasteiger partial charge in [0.05, 0.1) is 11.7 Å². The lowest BCUT2D eigenvalue weighted by atomic mass is 10.1. The Kier molecular flexibility index (Phi) is 3.29. The van der Waals surface area contributed by atoms with Crippen LogP contribution >= 0.6 is 0 Å². The molecule has 2 rings (SSSR count). The lowest BCUT2D eigenvalue weighted by Gasteiger charge is -1.98. The molecule has 2 aromatic rings. The maximum absolute atomic E-state index is 10.8. The number of carbonyl (C=O) groups excluding carboxylic acids is 2. The first-order valence-electron chi connectivity index (χ1n) is 5.14. The molecule has 0 saturated carbocycles. The second-order valence-electron chi connectivity index (χ2n) is 3.52. The smallest absolute Gasteiger partial charge is 0.329 e. The van der Waals surface area contributed by atoms with Crippen LogP contribution in [-0.4, -0.2) is 23.0 Å². The lowest BCUT2D eigenvalue weighted by molar-refractivity contribution is -0.137. The summed E-state index contributed by atoms with van der Waals surface area (Å²) in [6, 6.07) is 9.25. The molecule has 6 nitrogen and oxygen atoms in total. The summed E-state index contributed by atoms with van der Waals surface area (Å²) in [7, 11) is 0. The predicted octanol–water partition coefficient (Wildman–Crippen LogP) is 0.170. The molecule has 18 heavy (non-hydrogen) atoms. The van der Waals surface area contributed by atoms with Gasteiger partial charge in [0.2, 0.25) is 0 Å². The molecule has 90 valence electrons. The number of primary amides is 1. The lowest BCUT2D eigenvalue weighted by Crippen LogP contribution is -2.32. The first kappa shape index (κ1) is 11.7. The summed E-state index contributed by atoms with van der Waals surface area (Å²) < 4.78 is 0. The van der Waals surface area contributed by atoms with Crippen molar-refractivity contribution in [3.05, 3.63) is 42.1 Å². The van der Waals surface area contributed by atoms with Gasteiger partial charge >= 0.3 is 11.8 Å². The summed E-state index contributed by atoms with van der Waals surface area (Å²) in [6.07, 6.45) is 3.14. The van der Waals surface area contributed by atoms with Crippen LogP contribution in [0, 0.1) is 0 Å². The normalized spacial score (nSPS) is 10.7. The van der Waals surface area contributed by atoms with Crippen LogP contribution in [0.4, 0.5) is 0 Å². The number of amides is 2. The number of hydrazone groups is 1. The number of aromatic nitrogens is 1. The van der Waals surface area contributed by atoms with Gasteiger partial charge in [0.15, 0.2) is 0 Å². The zero-order chi connectivity index (χ0) is 13.0. The van der Waals surface area contributed by atoms with Crippen molar-refractivity contribution in [1.29, 1.82) is 0 Å². The van der Waals surface area contributed by atoms with Gasteiger partial charge in [-0.05, 0) is 23.8 Å². The monoisotopic (exact) mass is 242 g/mol. The summed E-state index contributed by atoms with van der Waals surface area (Å²) in [6.45, 7) is 0. The van der Waals surface area contributed by atoms with Crippen molar-refractivity contribution < 1.29 is 9.59 Å². The number of nitrogens with zero attached hydrogens (tertiary/aromatic N) is 2. The molecule has 0 aliphatic rings. The maximum atomic E-state index is 10.8. The maximum Gasteiger partial charge on any atom is 0.329 e. The van der Waals surface area contributed by atoms with Crippen molar-refractivity contribution in [1.82, 2.24) is 10.4 Å². The van der Waals surface area contributed by atoms with Crippen LogP contribution < -0.4 is 11.2 Å². The molecule has 0 spiro atoms. The van der Waals surface area contributed by atoms with E-state index in [0.29, 0.717) is 0 Å². The summed E-state index contributed by atoms with van der Waals surface area (Å²) in [5.41, 5.74) is 8.42. The van der Waals surface area contributed by atoms with Gasteiger partial charge in [-0.2, -0.15) is 5.10 Å². The molecule has 1 heterocycles. The van der Waals surface area contributed by atoms with E-state index in [1.54, 1.807) is 12.3 Å². The molecule has 0 unspecified atom stereocenters. The Balaban J connectivity index is 2.14. The minimum absolute atomic E-state index is 0.778. The van der Waals surface area contributed by atoms with Crippen molar-refractivity contribution in [2.75, 3.05) is 0 Å². The van der Waals surface area contributed by atoms with Crippen molar-refractivity contribution >= 4 is 28.9 Å². The van der Waals surface area contributed by atoms with Crippen molar-refractivity contribution in [2.24, 2.45) is 10.8 Å². The number of carbonyl (C=O) groups is 2. The molecule has 0 saturated heterocycles. The predicted molar refractivity (Wildman–Crippen MR) is 66.7 cm³/mol. The van der Waals surface area contributed by atoms with Crippen molar-refractivity contribution in [3.63, 3.8) is 0 Å². The molecule has 0 aliphatic carbocycles. The molecule has 3 N–H and O–H groups in total. The largest absolute Gasteiger partial charge is 0.361 e. The van der Waals surface area contributed by atoms with Gasteiger partial charge < -0.3 is 5.73 Å². The highest BCUT2D eigenvalue weighted by molar-refractivity contribution is 6.34. The molecule has 0 bridgehead atoms. The van der Waals surface area contributed by atoms with Crippen LogP contribution in [0.15, 0.2) is 41.6 Å². The highest BCUT2D eigenvalue weighted by Crippen LogP contribution is 2.11. The van der Waals surface area contributed by atoms with E-state index in [0.717, 1.165) is 16.5 Å². The van der Waals surface area contributed by atoms with E-state index in [1.807, 2.05) is 29.7 Å². The Morgan fingerprint density at radius 2 is 2.17 bits per heavy atom. The van der Waals surface area contributed by atoms with E-state index >= 15 is 0 Å². The second kappa shape index (κ2) is 5.05. The van der Waals surface area contributed by atoms with Gasteiger partial charge in [-0.1, -0.05) is 12.1 Å². The fourth-order valence-corrected chi connectivity index (χ4v) is 1.39. The Morgan fingerprint density at radius 1 is 1.33 bits per heavy atom. The summed E-state index contributed by atoms with van der Waals surface area (Å²) in [4.78, 5) is 25.5. The van der Waals surface area contributed by atoms with Crippen molar-refractivity contribution in [3.8, 4) is 0 Å². The number of hydrogen-bond donors (Lipinski definition) is 2. The topological polar surface area (TPSA) is 97.4 Å². The summed E-state index contributed by atoms with van der Waals surface area (Å²) >= 11 is 0. The average Bonchev–Trinajstić information content (AvgIpc) is 2.38. The van der Waals surface area contributed by atoms with Gasteiger partial charge in [-0.3, -0.25) is 14.6 Å². The van der Waals surface area contributed by atoms with Crippen LogP contribution in [0.2, 0.25) is 0 Å². The SMILES string of the molecule is NC(=O)C(=O)NN=Cc1ccc2ncccc2c1. The van der Waals surface area contributed by atoms with Crippen molar-refractivity contribution in [2.45, 2.75) is 0 Å². The molecule has 0 fully saturated rings. The fraction of sp³-hybridized carbons (Fsp3) is 0. The van der Waals surface area contributed by atoms with E-state index in [-0.39, 0.29) is 0 Å². The quantitative estimate of drug-likeness (QED) is 0.446. The summed E-state index contributed by atoms with van der Waals surface area (Å²) in [5.74, 6) is -2.02. The van der Waals surface area contributed by atoms with E-state index in [1.165, 1.54) is 6.21 Å². The highest BCUT2D eigenvalue weighted by Gasteiger charge is 2.05. The van der Waals surface area contributed by atoms with Crippen LogP contribution in [0.25, 0.3) is 10.9 Å². The number of fused-ring (bicyclic) bond motifs is 1. The minimum atomic E-state index is -1.07. The molecule has 0 radical (unpaired) electrons. The number of pyridine rings is 1. The molecule has 2 amide bonds. The van der Waals surface area contributed by atoms with Gasteiger partial charge in [0.25, 0.3) is 0 Å². The zero-order valence-corrected chi connectivity index (χ0v) is 9.33. The Hall–Kier alpha value is -2.76. The Bertz CT molecular complexity index is 637. The van der Waals surface area contributed by atoms with E-state index < -0.39 is 11.8 Å². The number of rotatable bonds is 2. The Morgan fingerprint density at radius 3 is 2.94 bits per heavy atom. The number of hydrogen-bond acceptors (Lipinski definition) is 4. The molecule has 0 atom stereocenters. The van der Waals surface area contributed by atoms with Gasteiger partial charge in [-0.15, -0.1) is 0 Å². The molecule has 0 aliphatic heterocycles. The van der Waals surface area contributed by atoms with Crippen LogP contribution in [0.3, 0.4) is 0 Å². The standard InChI is InChI=1S/C12H10N4O2/c13-11(17)12(18)16-15-7-8-3-4-10-9(6-8)2-1-5-14-10/h1-7H,(H2,13,17)(H,16,18). The second-order valence-corrected chi connectivity index (χ2v) is 3.52. The molecule has 1 aromatic carbocycles. The molecule has 1 aromatic heterocycles. The van der Waals surface area contributed by atoms with Gasteiger partial charge in [0, 0.05) is 11.6 Å². The first-order valence-corrected chi connectivity index (χ1v) is 5.14. The zero-order valence-electron chi connectivity index (χ0n) is 9.33. The van der Waals surface area contributed by atoms with Crippen LogP contribution in [-0.2, 0) is 9.59 Å². The third-order valence-electron chi connectivity index (χ3n) is 2.23.